The Morgan fingerprint density at radius 1 is 0.548 bits per heavy atom. The van der Waals surface area contributed by atoms with Gasteiger partial charge < -0.3 is 48.3 Å². The molecule has 8 amide bonds. The maximum absolute atomic E-state index is 12.9. The maximum atomic E-state index is 12.9. The highest BCUT2D eigenvalue weighted by Gasteiger charge is 2.30. The van der Waals surface area contributed by atoms with Crippen molar-refractivity contribution in [1.82, 2.24) is 31.9 Å². The van der Waals surface area contributed by atoms with Crippen LogP contribution in [0.15, 0.2) is 0 Å². The fourth-order valence-electron chi connectivity index (χ4n) is 6.25. The number of carbonyl (C=O) groups excluding carboxylic acids is 6. The molecule has 0 heterocycles. The monoisotopic (exact) mass is 925 g/mol. The van der Waals surface area contributed by atoms with Crippen molar-refractivity contribution in [2.75, 3.05) is 38.1 Å². The second-order valence-electron chi connectivity index (χ2n) is 18.2. The van der Waals surface area contributed by atoms with Crippen molar-refractivity contribution in [3.05, 3.63) is 0 Å². The van der Waals surface area contributed by atoms with Crippen LogP contribution in [0.4, 0.5) is 9.59 Å². The number of rotatable bonds is 30. The van der Waals surface area contributed by atoms with Crippen LogP contribution in [-0.2, 0) is 33.6 Å². The van der Waals surface area contributed by atoms with E-state index in [0.29, 0.717) is 69.9 Å². The quantitative estimate of drug-likeness (QED) is 0.0369. The van der Waals surface area contributed by atoms with Crippen molar-refractivity contribution < 1.29 is 46.6 Å². The van der Waals surface area contributed by atoms with E-state index in [0.717, 1.165) is 6.42 Å². The molecule has 0 radical (unpaired) electrons. The van der Waals surface area contributed by atoms with Gasteiger partial charge in [-0.15, -0.1) is 0 Å². The van der Waals surface area contributed by atoms with Gasteiger partial charge in [0.1, 0.15) is 12.1 Å². The van der Waals surface area contributed by atoms with E-state index in [9.17, 15) is 46.6 Å². The smallest absolute Gasteiger partial charge is 0.312 e. The molecule has 18 nitrogen and oxygen atoms in total. The topological polar surface area (TPSA) is 298 Å². The van der Waals surface area contributed by atoms with Crippen molar-refractivity contribution >= 4 is 52.9 Å². The molecule has 0 fully saturated rings. The summed E-state index contributed by atoms with van der Waals surface area (Å²) in [5.41, 5.74) is 9.80. The summed E-state index contributed by atoms with van der Waals surface area (Å²) in [4.78, 5) is 82.7. The lowest BCUT2D eigenvalue weighted by atomic mass is 9.86. The van der Waals surface area contributed by atoms with Crippen LogP contribution in [-0.4, -0.2) is 110 Å². The molecule has 0 bridgehead atoms. The average Bonchev–Trinajstić information content (AvgIpc) is 3.14. The summed E-state index contributed by atoms with van der Waals surface area (Å²) in [6.07, 6.45) is 3.85. The molecule has 0 saturated carbocycles. The first-order valence-electron chi connectivity index (χ1n) is 22.3. The number of amides is 8. The van der Waals surface area contributed by atoms with Crippen molar-refractivity contribution in [2.24, 2.45) is 47.0 Å². The third-order valence-corrected chi connectivity index (χ3v) is 15.2. The molecule has 0 aromatic heterocycles. The number of nitrogens with two attached hydrogens (primary N) is 2. The van der Waals surface area contributed by atoms with E-state index < -0.39 is 46.6 Å². The van der Waals surface area contributed by atoms with Crippen molar-refractivity contribution in [3.8, 4) is 0 Å². The predicted octanol–water partition coefficient (Wildman–Crippen LogP) is 3.99. The van der Waals surface area contributed by atoms with Gasteiger partial charge in [0.15, 0.2) is 9.84 Å². The number of hydrogen-bond acceptors (Lipinski definition) is 9. The Morgan fingerprint density at radius 3 is 1.21 bits per heavy atom. The number of hydrogen-bond donors (Lipinski definition) is 9. The Kier molecular flexibility index (Phi) is 30.7. The molecule has 20 heteroatoms. The van der Waals surface area contributed by atoms with Gasteiger partial charge in [0.05, 0.1) is 11.0 Å². The average molecular weight is 925 g/mol. The number of carbonyl (C=O) groups is 6. The van der Waals surface area contributed by atoms with Crippen molar-refractivity contribution in [3.63, 3.8) is 0 Å². The molecule has 0 aliphatic carbocycles. The van der Waals surface area contributed by atoms with Crippen LogP contribution in [0.25, 0.3) is 0 Å². The predicted molar refractivity (Wildman–Crippen MR) is 247 cm³/mol. The molecule has 0 saturated heterocycles. The standard InChI is InChI=1S/C21H43N4O5P.C21H42N4O5S/c2*1-14(2)13-17(15(3)4)19(26)25-18(9-7-10-24-21(22)28)20(27)23-11-8-12-31(29,30)16(5)6/h14-18H,7-13H2,1-6H3,(H,23,27)(H,25,26)(H,29,30)(H3,22,24,28);14-18H,7-13H2,1-6H3,(H,23,27)(H,25,26)(H3,22,24,28)/t2*17-,18-/m00/s1. The van der Waals surface area contributed by atoms with Gasteiger partial charge in [-0.25, -0.2) is 18.0 Å². The molecule has 0 aromatic rings. The molecule has 62 heavy (non-hydrogen) atoms. The fraction of sp³-hybridized carbons (Fsp3) is 0.857. The van der Waals surface area contributed by atoms with Crippen LogP contribution >= 0.6 is 7.37 Å². The van der Waals surface area contributed by atoms with Gasteiger partial charge in [-0.2, -0.15) is 0 Å². The van der Waals surface area contributed by atoms with E-state index in [1.807, 2.05) is 41.5 Å². The van der Waals surface area contributed by atoms with Crippen molar-refractivity contribution in [2.45, 2.75) is 157 Å². The first-order valence-corrected chi connectivity index (χ1v) is 25.9. The van der Waals surface area contributed by atoms with Gasteiger partial charge in [0.25, 0.3) is 0 Å². The summed E-state index contributed by atoms with van der Waals surface area (Å²) in [5.74, 6) is -0.497. The molecular weight excluding hydrogens is 840 g/mol. The Balaban J connectivity index is 0. The molecule has 5 atom stereocenters. The minimum Gasteiger partial charge on any atom is -0.354 e. The fourth-order valence-corrected chi connectivity index (χ4v) is 8.40. The first-order chi connectivity index (χ1) is 28.5. The second kappa shape index (κ2) is 31.4. The molecule has 0 aromatic carbocycles. The molecule has 11 N–H and O–H groups in total. The lowest BCUT2D eigenvalue weighted by Crippen LogP contribution is -2.49. The van der Waals surface area contributed by atoms with E-state index in [-0.39, 0.29) is 78.0 Å². The van der Waals surface area contributed by atoms with E-state index in [1.165, 1.54) is 0 Å². The van der Waals surface area contributed by atoms with Crippen LogP contribution in [0.1, 0.15) is 134 Å². The SMILES string of the molecule is CC(C)C[C@H](C(=O)N[C@@H](CCCNC(N)=O)C(=O)NCCCP(=O)(O)C(C)C)C(C)C.CC(C)C[C@H](C(=O)N[C@@H](CCCNC(N)=O)C(=O)NCCCS(=O)(=O)C(C)C)C(C)C. The maximum Gasteiger partial charge on any atom is 0.312 e. The van der Waals surface area contributed by atoms with Gasteiger partial charge in [0.2, 0.25) is 31.0 Å². The Hall–Kier alpha value is -3.44. The van der Waals surface area contributed by atoms with E-state index in [2.05, 4.69) is 45.7 Å². The normalized spacial score (nSPS) is 14.6. The minimum atomic E-state index is -3.21. The van der Waals surface area contributed by atoms with E-state index in [1.54, 1.807) is 27.7 Å². The number of primary amides is 2. The molecule has 0 aliphatic heterocycles. The zero-order valence-electron chi connectivity index (χ0n) is 39.8. The first kappa shape index (κ1) is 60.6. The van der Waals surface area contributed by atoms with Crippen LogP contribution < -0.4 is 43.4 Å². The molecule has 0 rings (SSSR count). The highest BCUT2D eigenvalue weighted by atomic mass is 32.2. The summed E-state index contributed by atoms with van der Waals surface area (Å²) in [6.45, 7) is 23.8. The molecule has 1 unspecified atom stereocenters. The number of urea groups is 2. The van der Waals surface area contributed by atoms with E-state index >= 15 is 0 Å². The molecule has 0 aliphatic rings. The minimum absolute atomic E-state index is 0.00564. The summed E-state index contributed by atoms with van der Waals surface area (Å²) in [5, 5.41) is 15.7. The summed E-state index contributed by atoms with van der Waals surface area (Å²) < 4.78 is 35.8. The summed E-state index contributed by atoms with van der Waals surface area (Å²) in [7, 11) is -6.38. The van der Waals surface area contributed by atoms with Crippen molar-refractivity contribution in [1.29, 1.82) is 0 Å². The Bertz CT molecular complexity index is 1530. The zero-order chi connectivity index (χ0) is 48.4. The van der Waals surface area contributed by atoms with Crippen LogP contribution in [0.3, 0.4) is 0 Å². The van der Waals surface area contributed by atoms with Gasteiger partial charge in [0, 0.05) is 49.8 Å². The van der Waals surface area contributed by atoms with Gasteiger partial charge in [-0.05, 0) is 88.9 Å². The highest BCUT2D eigenvalue weighted by molar-refractivity contribution is 7.91. The highest BCUT2D eigenvalue weighted by Crippen LogP contribution is 2.46. The summed E-state index contributed by atoms with van der Waals surface area (Å²) in [6, 6.07) is -2.80. The molecule has 364 valence electrons. The Morgan fingerprint density at radius 2 is 0.903 bits per heavy atom. The number of nitrogens with one attached hydrogen (secondary N) is 6. The third kappa shape index (κ3) is 28.3. The Labute approximate surface area is 372 Å². The number of sulfone groups is 1. The van der Waals surface area contributed by atoms with Gasteiger partial charge in [-0.1, -0.05) is 69.2 Å². The molecular formula is C42H85N8O10PS. The van der Waals surface area contributed by atoms with Crippen LogP contribution in [0.5, 0.6) is 0 Å². The second-order valence-corrected chi connectivity index (χ2v) is 23.9. The zero-order valence-corrected chi connectivity index (χ0v) is 41.5. The van der Waals surface area contributed by atoms with E-state index in [4.69, 9.17) is 11.5 Å². The summed E-state index contributed by atoms with van der Waals surface area (Å²) >= 11 is 0. The van der Waals surface area contributed by atoms with Gasteiger partial charge >= 0.3 is 12.1 Å². The van der Waals surface area contributed by atoms with Gasteiger partial charge in [-0.3, -0.25) is 23.7 Å². The molecule has 0 spiro atoms. The third-order valence-electron chi connectivity index (χ3n) is 10.3. The van der Waals surface area contributed by atoms with Crippen LogP contribution in [0, 0.1) is 35.5 Å². The lowest BCUT2D eigenvalue weighted by Gasteiger charge is -2.26. The largest absolute Gasteiger partial charge is 0.354 e. The lowest BCUT2D eigenvalue weighted by molar-refractivity contribution is -0.132. The van der Waals surface area contributed by atoms with Crippen LogP contribution in [0.2, 0.25) is 0 Å².